The summed E-state index contributed by atoms with van der Waals surface area (Å²) < 4.78 is 48.1. The van der Waals surface area contributed by atoms with Crippen molar-refractivity contribution in [2.45, 2.75) is 19.5 Å². The van der Waals surface area contributed by atoms with Crippen molar-refractivity contribution in [1.82, 2.24) is 5.32 Å². The molecule has 0 heterocycles. The topological polar surface area (TPSA) is 46.2 Å². The highest BCUT2D eigenvalue weighted by Crippen LogP contribution is 2.09. The molecule has 1 rings (SSSR count). The molecule has 6 heteroatoms. The number of nitrogens with one attached hydrogen (secondary N) is 1. The summed E-state index contributed by atoms with van der Waals surface area (Å²) in [6, 6.07) is 2.87. The largest absolute Gasteiger partial charge is 0.309 e. The van der Waals surface area contributed by atoms with Crippen LogP contribution in [-0.4, -0.2) is 26.5 Å². The van der Waals surface area contributed by atoms with E-state index in [2.05, 4.69) is 5.32 Å². The van der Waals surface area contributed by atoms with Crippen molar-refractivity contribution >= 4 is 9.84 Å². The molecule has 0 aliphatic rings. The van der Waals surface area contributed by atoms with Gasteiger partial charge in [-0.15, -0.1) is 0 Å². The predicted octanol–water partition coefficient (Wildman–Crippen LogP) is 1.49. The normalized spacial score (nSPS) is 13.6. The van der Waals surface area contributed by atoms with E-state index in [0.29, 0.717) is 0 Å². The second kappa shape index (κ2) is 5.55. The van der Waals surface area contributed by atoms with Crippen LogP contribution in [0, 0.1) is 11.6 Å². The Hall–Kier alpha value is -1.01. The van der Waals surface area contributed by atoms with Crippen LogP contribution >= 0.6 is 0 Å². The zero-order valence-electron chi connectivity index (χ0n) is 9.70. The monoisotopic (exact) mass is 263 g/mol. The highest BCUT2D eigenvalue weighted by Gasteiger charge is 2.11. The zero-order chi connectivity index (χ0) is 13.1. The Kier molecular flexibility index (Phi) is 4.59. The fraction of sp³-hybridized carbons (Fsp3) is 0.455. The molecule has 0 fully saturated rings. The summed E-state index contributed by atoms with van der Waals surface area (Å²) >= 11 is 0. The van der Waals surface area contributed by atoms with Crippen LogP contribution in [0.3, 0.4) is 0 Å². The molecule has 0 aliphatic carbocycles. The summed E-state index contributed by atoms with van der Waals surface area (Å²) in [6.45, 7) is 1.78. The molecule has 0 saturated carbocycles. The van der Waals surface area contributed by atoms with Crippen LogP contribution in [0.25, 0.3) is 0 Å². The maximum absolute atomic E-state index is 13.2. The molecule has 0 radical (unpaired) electrons. The first-order valence-corrected chi connectivity index (χ1v) is 7.19. The lowest BCUT2D eigenvalue weighted by Crippen LogP contribution is -2.32. The standard InChI is InChI=1S/C11H15F2NO2S/c1-8(7-17(2,15)16)14-6-9-5-10(12)3-4-11(9)13/h3-5,8,14H,6-7H2,1-2H3. The second-order valence-electron chi connectivity index (χ2n) is 4.11. The van der Waals surface area contributed by atoms with Gasteiger partial charge in [0.05, 0.1) is 5.75 Å². The molecular weight excluding hydrogens is 248 g/mol. The highest BCUT2D eigenvalue weighted by atomic mass is 32.2. The molecule has 0 amide bonds. The van der Waals surface area contributed by atoms with Crippen molar-refractivity contribution in [3.8, 4) is 0 Å². The lowest BCUT2D eigenvalue weighted by Gasteiger charge is -2.13. The van der Waals surface area contributed by atoms with E-state index in [4.69, 9.17) is 0 Å². The summed E-state index contributed by atoms with van der Waals surface area (Å²) in [7, 11) is -3.08. The van der Waals surface area contributed by atoms with Gasteiger partial charge in [-0.25, -0.2) is 17.2 Å². The molecule has 0 spiro atoms. The molecule has 0 bridgehead atoms. The number of sulfone groups is 1. The predicted molar refractivity (Wildman–Crippen MR) is 62.4 cm³/mol. The number of hydrogen-bond acceptors (Lipinski definition) is 3. The molecule has 1 unspecified atom stereocenters. The molecule has 1 atom stereocenters. The van der Waals surface area contributed by atoms with Crippen LogP contribution in [-0.2, 0) is 16.4 Å². The maximum Gasteiger partial charge on any atom is 0.148 e. The minimum atomic E-state index is -3.08. The Morgan fingerprint density at radius 2 is 2.00 bits per heavy atom. The van der Waals surface area contributed by atoms with Gasteiger partial charge in [0.1, 0.15) is 21.5 Å². The molecule has 1 aromatic carbocycles. The van der Waals surface area contributed by atoms with Crippen molar-refractivity contribution in [2.75, 3.05) is 12.0 Å². The molecule has 1 N–H and O–H groups in total. The van der Waals surface area contributed by atoms with Crippen LogP contribution < -0.4 is 5.32 Å². The van der Waals surface area contributed by atoms with Crippen LogP contribution in [0.2, 0.25) is 0 Å². The van der Waals surface area contributed by atoms with E-state index in [1.807, 2.05) is 0 Å². The minimum Gasteiger partial charge on any atom is -0.309 e. The Bertz CT molecular complexity index is 488. The lowest BCUT2D eigenvalue weighted by molar-refractivity contribution is 0.535. The van der Waals surface area contributed by atoms with Crippen LogP contribution in [0.15, 0.2) is 18.2 Å². The smallest absolute Gasteiger partial charge is 0.148 e. The minimum absolute atomic E-state index is 0.0378. The van der Waals surface area contributed by atoms with Crippen molar-refractivity contribution in [3.05, 3.63) is 35.4 Å². The van der Waals surface area contributed by atoms with Crippen molar-refractivity contribution < 1.29 is 17.2 Å². The first-order chi connectivity index (χ1) is 7.78. The van der Waals surface area contributed by atoms with Crippen LogP contribution in [0.1, 0.15) is 12.5 Å². The summed E-state index contributed by atoms with van der Waals surface area (Å²) in [5, 5.41) is 2.84. The van der Waals surface area contributed by atoms with Gasteiger partial charge < -0.3 is 5.32 Å². The number of hydrogen-bond donors (Lipinski definition) is 1. The number of halogens is 2. The average molecular weight is 263 g/mol. The van der Waals surface area contributed by atoms with Gasteiger partial charge >= 0.3 is 0 Å². The Morgan fingerprint density at radius 3 is 2.59 bits per heavy atom. The van der Waals surface area contributed by atoms with Gasteiger partial charge in [0.15, 0.2) is 0 Å². The molecule has 0 saturated heterocycles. The van der Waals surface area contributed by atoms with Crippen molar-refractivity contribution in [3.63, 3.8) is 0 Å². The van der Waals surface area contributed by atoms with Gasteiger partial charge in [-0.3, -0.25) is 0 Å². The molecule has 17 heavy (non-hydrogen) atoms. The van der Waals surface area contributed by atoms with E-state index in [1.165, 1.54) is 0 Å². The van der Waals surface area contributed by atoms with E-state index in [1.54, 1.807) is 6.92 Å². The van der Waals surface area contributed by atoms with Crippen LogP contribution in [0.4, 0.5) is 8.78 Å². The summed E-state index contributed by atoms with van der Waals surface area (Å²) in [5.41, 5.74) is 0.186. The lowest BCUT2D eigenvalue weighted by atomic mass is 10.2. The molecule has 0 aliphatic heterocycles. The van der Waals surface area contributed by atoms with Crippen molar-refractivity contribution in [1.29, 1.82) is 0 Å². The van der Waals surface area contributed by atoms with E-state index in [-0.39, 0.29) is 23.9 Å². The molecule has 96 valence electrons. The third-order valence-electron chi connectivity index (χ3n) is 2.20. The summed E-state index contributed by atoms with van der Waals surface area (Å²) in [5.74, 6) is -1.06. The molecule has 3 nitrogen and oxygen atoms in total. The Morgan fingerprint density at radius 1 is 1.35 bits per heavy atom. The second-order valence-corrected chi connectivity index (χ2v) is 6.29. The summed E-state index contributed by atoms with van der Waals surface area (Å²) in [6.07, 6.45) is 1.13. The third kappa shape index (κ3) is 5.23. The van der Waals surface area contributed by atoms with Gasteiger partial charge in [0.2, 0.25) is 0 Å². The quantitative estimate of drug-likeness (QED) is 0.875. The molecular formula is C11H15F2NO2S. The number of benzene rings is 1. The third-order valence-corrected chi connectivity index (χ3v) is 3.31. The highest BCUT2D eigenvalue weighted by molar-refractivity contribution is 7.90. The molecule has 1 aromatic rings. The number of rotatable bonds is 5. The van der Waals surface area contributed by atoms with Gasteiger partial charge in [0.25, 0.3) is 0 Å². The zero-order valence-corrected chi connectivity index (χ0v) is 10.5. The fourth-order valence-electron chi connectivity index (χ4n) is 1.48. The van der Waals surface area contributed by atoms with Gasteiger partial charge in [0, 0.05) is 24.4 Å². The first-order valence-electron chi connectivity index (χ1n) is 5.13. The van der Waals surface area contributed by atoms with E-state index in [9.17, 15) is 17.2 Å². The summed E-state index contributed by atoms with van der Waals surface area (Å²) in [4.78, 5) is 0. The maximum atomic E-state index is 13.2. The first kappa shape index (κ1) is 14.1. The SMILES string of the molecule is CC(CS(C)(=O)=O)NCc1cc(F)ccc1F. The Balaban J connectivity index is 2.58. The van der Waals surface area contributed by atoms with E-state index in [0.717, 1.165) is 24.5 Å². The van der Waals surface area contributed by atoms with Gasteiger partial charge in [-0.05, 0) is 25.1 Å². The Labute approximate surface area is 99.8 Å². The van der Waals surface area contributed by atoms with E-state index >= 15 is 0 Å². The van der Waals surface area contributed by atoms with Gasteiger partial charge in [-0.2, -0.15) is 0 Å². The van der Waals surface area contributed by atoms with E-state index < -0.39 is 21.5 Å². The van der Waals surface area contributed by atoms with Gasteiger partial charge in [-0.1, -0.05) is 0 Å². The molecule has 0 aromatic heterocycles. The van der Waals surface area contributed by atoms with Crippen molar-refractivity contribution in [2.24, 2.45) is 0 Å². The van der Waals surface area contributed by atoms with Crippen LogP contribution in [0.5, 0.6) is 0 Å². The fourth-order valence-corrected chi connectivity index (χ4v) is 2.50. The average Bonchev–Trinajstić information content (AvgIpc) is 2.17.